The zero-order valence-electron chi connectivity index (χ0n) is 6.94. The van der Waals surface area contributed by atoms with E-state index in [0.29, 0.717) is 10.7 Å². The highest BCUT2D eigenvalue weighted by Crippen LogP contribution is 2.17. The monoisotopic (exact) mass is 188 g/mol. The van der Waals surface area contributed by atoms with Crippen LogP contribution in [0.1, 0.15) is 13.8 Å². The van der Waals surface area contributed by atoms with Gasteiger partial charge in [-0.25, -0.2) is 4.98 Å². The van der Waals surface area contributed by atoms with Crippen LogP contribution in [0, 0.1) is 5.95 Å². The lowest BCUT2D eigenvalue weighted by atomic mass is 10.3. The highest BCUT2D eigenvalue weighted by molar-refractivity contribution is 6.30. The molecule has 12 heavy (non-hydrogen) atoms. The molecule has 0 atom stereocenters. The Bertz CT molecular complexity index is 276. The fourth-order valence-corrected chi connectivity index (χ4v) is 0.993. The predicted octanol–water partition coefficient (Wildman–Crippen LogP) is 2.69. The maximum absolute atomic E-state index is 12.9. The van der Waals surface area contributed by atoms with E-state index in [0.717, 1.165) is 0 Å². The first-order valence-corrected chi connectivity index (χ1v) is 4.05. The summed E-state index contributed by atoms with van der Waals surface area (Å²) in [5.74, 6) is -0.520. The predicted molar refractivity (Wildman–Crippen MR) is 48.0 cm³/mol. The summed E-state index contributed by atoms with van der Waals surface area (Å²) in [5, 5.41) is 3.32. The van der Waals surface area contributed by atoms with Crippen LogP contribution in [-0.2, 0) is 0 Å². The van der Waals surface area contributed by atoms with E-state index in [1.165, 1.54) is 12.3 Å². The lowest BCUT2D eigenvalue weighted by molar-refractivity contribution is 0.585. The molecule has 0 amide bonds. The molecule has 0 radical (unpaired) electrons. The van der Waals surface area contributed by atoms with Crippen LogP contribution in [0.15, 0.2) is 12.3 Å². The molecule has 0 aliphatic carbocycles. The minimum absolute atomic E-state index is 0.166. The molecule has 0 aliphatic rings. The summed E-state index contributed by atoms with van der Waals surface area (Å²) in [5.41, 5.74) is 0.345. The van der Waals surface area contributed by atoms with Crippen molar-refractivity contribution in [2.45, 2.75) is 19.9 Å². The Balaban J connectivity index is 2.90. The summed E-state index contributed by atoms with van der Waals surface area (Å²) >= 11 is 5.63. The molecule has 0 unspecified atom stereocenters. The Hall–Kier alpha value is -0.830. The standard InChI is InChI=1S/C8H10ClFN2/c1-5(2)12-7-3-6(9)4-11-8(7)10/h3-5,12H,1-2H3. The van der Waals surface area contributed by atoms with Gasteiger partial charge in [0.15, 0.2) is 0 Å². The molecule has 0 spiro atoms. The molecule has 4 heteroatoms. The average molecular weight is 189 g/mol. The number of halogens is 2. The van der Waals surface area contributed by atoms with Crippen LogP contribution in [0.5, 0.6) is 0 Å². The van der Waals surface area contributed by atoms with Crippen LogP contribution in [0.25, 0.3) is 0 Å². The van der Waals surface area contributed by atoms with Crippen molar-refractivity contribution in [1.82, 2.24) is 4.98 Å². The summed E-state index contributed by atoms with van der Waals surface area (Å²) in [6.45, 7) is 3.83. The number of hydrogen-bond donors (Lipinski definition) is 1. The van der Waals surface area contributed by atoms with E-state index in [9.17, 15) is 4.39 Å². The van der Waals surface area contributed by atoms with Gasteiger partial charge in [0.05, 0.1) is 10.7 Å². The molecule has 0 aliphatic heterocycles. The van der Waals surface area contributed by atoms with Crippen molar-refractivity contribution in [2.24, 2.45) is 0 Å². The van der Waals surface area contributed by atoms with Crippen molar-refractivity contribution in [3.63, 3.8) is 0 Å². The summed E-state index contributed by atoms with van der Waals surface area (Å²) in [6, 6.07) is 1.68. The molecular formula is C8H10ClFN2. The minimum atomic E-state index is -0.520. The first-order chi connectivity index (χ1) is 5.59. The lowest BCUT2D eigenvalue weighted by Crippen LogP contribution is -2.11. The second-order valence-electron chi connectivity index (χ2n) is 2.79. The summed E-state index contributed by atoms with van der Waals surface area (Å²) in [7, 11) is 0. The number of nitrogens with one attached hydrogen (secondary N) is 1. The first kappa shape index (κ1) is 9.26. The fourth-order valence-electron chi connectivity index (χ4n) is 0.835. The minimum Gasteiger partial charge on any atom is -0.379 e. The van der Waals surface area contributed by atoms with E-state index in [1.54, 1.807) is 0 Å². The zero-order chi connectivity index (χ0) is 9.14. The van der Waals surface area contributed by atoms with E-state index in [-0.39, 0.29) is 6.04 Å². The summed E-state index contributed by atoms with van der Waals surface area (Å²) in [4.78, 5) is 3.47. The van der Waals surface area contributed by atoms with Gasteiger partial charge in [0.25, 0.3) is 0 Å². The summed E-state index contributed by atoms with van der Waals surface area (Å²) in [6.07, 6.45) is 1.28. The molecule has 1 rings (SSSR count). The number of nitrogens with zero attached hydrogens (tertiary/aromatic N) is 1. The smallest absolute Gasteiger partial charge is 0.236 e. The first-order valence-electron chi connectivity index (χ1n) is 3.67. The van der Waals surface area contributed by atoms with Crippen LogP contribution in [-0.4, -0.2) is 11.0 Å². The van der Waals surface area contributed by atoms with Gasteiger partial charge >= 0.3 is 0 Å². The van der Waals surface area contributed by atoms with Gasteiger partial charge in [-0.2, -0.15) is 4.39 Å². The van der Waals surface area contributed by atoms with E-state index in [2.05, 4.69) is 10.3 Å². The highest BCUT2D eigenvalue weighted by atomic mass is 35.5. The molecule has 0 saturated heterocycles. The third-order valence-electron chi connectivity index (χ3n) is 1.25. The maximum Gasteiger partial charge on any atom is 0.236 e. The quantitative estimate of drug-likeness (QED) is 0.722. The van der Waals surface area contributed by atoms with E-state index in [4.69, 9.17) is 11.6 Å². The van der Waals surface area contributed by atoms with Crippen LogP contribution in [0.4, 0.5) is 10.1 Å². The van der Waals surface area contributed by atoms with Gasteiger partial charge in [0.1, 0.15) is 0 Å². The second kappa shape index (κ2) is 3.72. The van der Waals surface area contributed by atoms with Gasteiger partial charge in [-0.05, 0) is 19.9 Å². The molecule has 1 aromatic rings. The lowest BCUT2D eigenvalue weighted by Gasteiger charge is -2.09. The van der Waals surface area contributed by atoms with Gasteiger partial charge in [-0.3, -0.25) is 0 Å². The molecule has 0 saturated carbocycles. The van der Waals surface area contributed by atoms with Crippen LogP contribution in [0.3, 0.4) is 0 Å². The Morgan fingerprint density at radius 2 is 2.25 bits per heavy atom. The molecular weight excluding hydrogens is 179 g/mol. The maximum atomic E-state index is 12.9. The second-order valence-corrected chi connectivity index (χ2v) is 3.23. The normalized spacial score (nSPS) is 10.4. The Kier molecular flexibility index (Phi) is 2.87. The fraction of sp³-hybridized carbons (Fsp3) is 0.375. The van der Waals surface area contributed by atoms with Gasteiger partial charge < -0.3 is 5.32 Å². The average Bonchev–Trinajstić information content (AvgIpc) is 1.96. The van der Waals surface area contributed by atoms with Gasteiger partial charge in [-0.15, -0.1) is 0 Å². The number of aromatic nitrogens is 1. The molecule has 1 aromatic heterocycles. The van der Waals surface area contributed by atoms with Crippen LogP contribution in [0.2, 0.25) is 5.02 Å². The molecule has 0 fully saturated rings. The molecule has 2 nitrogen and oxygen atoms in total. The van der Waals surface area contributed by atoms with Crippen LogP contribution >= 0.6 is 11.6 Å². The van der Waals surface area contributed by atoms with Gasteiger partial charge in [0.2, 0.25) is 5.95 Å². The number of anilines is 1. The Morgan fingerprint density at radius 3 is 2.83 bits per heavy atom. The van der Waals surface area contributed by atoms with E-state index < -0.39 is 5.95 Å². The van der Waals surface area contributed by atoms with Crippen molar-refractivity contribution in [3.05, 3.63) is 23.2 Å². The van der Waals surface area contributed by atoms with Gasteiger partial charge in [0, 0.05) is 12.2 Å². The third kappa shape index (κ3) is 2.34. The van der Waals surface area contributed by atoms with Crippen LogP contribution < -0.4 is 5.32 Å². The highest BCUT2D eigenvalue weighted by Gasteiger charge is 2.04. The molecule has 0 aromatic carbocycles. The molecule has 66 valence electrons. The van der Waals surface area contributed by atoms with Crippen molar-refractivity contribution in [3.8, 4) is 0 Å². The molecule has 1 N–H and O–H groups in total. The summed E-state index contributed by atoms with van der Waals surface area (Å²) < 4.78 is 12.9. The van der Waals surface area contributed by atoms with Crippen molar-refractivity contribution < 1.29 is 4.39 Å². The Morgan fingerprint density at radius 1 is 1.58 bits per heavy atom. The van der Waals surface area contributed by atoms with Crippen molar-refractivity contribution in [1.29, 1.82) is 0 Å². The van der Waals surface area contributed by atoms with E-state index in [1.807, 2.05) is 13.8 Å². The van der Waals surface area contributed by atoms with Gasteiger partial charge in [-0.1, -0.05) is 11.6 Å². The third-order valence-corrected chi connectivity index (χ3v) is 1.46. The largest absolute Gasteiger partial charge is 0.379 e. The SMILES string of the molecule is CC(C)Nc1cc(Cl)cnc1F. The van der Waals surface area contributed by atoms with E-state index >= 15 is 0 Å². The topological polar surface area (TPSA) is 24.9 Å². The zero-order valence-corrected chi connectivity index (χ0v) is 7.69. The Labute approximate surface area is 75.8 Å². The number of rotatable bonds is 2. The number of hydrogen-bond acceptors (Lipinski definition) is 2. The molecule has 0 bridgehead atoms. The molecule has 1 heterocycles. The van der Waals surface area contributed by atoms with Crippen molar-refractivity contribution >= 4 is 17.3 Å². The van der Waals surface area contributed by atoms with Crippen molar-refractivity contribution in [2.75, 3.05) is 5.32 Å². The number of pyridine rings is 1.